The van der Waals surface area contributed by atoms with Crippen LogP contribution in [0, 0.1) is 5.41 Å². The van der Waals surface area contributed by atoms with Gasteiger partial charge >= 0.3 is 0 Å². The van der Waals surface area contributed by atoms with Gasteiger partial charge in [-0.05, 0) is 82.4 Å². The van der Waals surface area contributed by atoms with Crippen molar-refractivity contribution in [3.8, 4) is 0 Å². The average Bonchev–Trinajstić information content (AvgIpc) is 2.67. The second-order valence-electron chi connectivity index (χ2n) is 9.28. The fourth-order valence-electron chi connectivity index (χ4n) is 4.58. The Kier molecular flexibility index (Phi) is 8.99. The zero-order valence-corrected chi connectivity index (χ0v) is 20.7. The average molecular weight is 449 g/mol. The number of allylic oxidation sites excluding steroid dienone is 4. The van der Waals surface area contributed by atoms with Crippen molar-refractivity contribution < 1.29 is 8.42 Å². The first-order valence-electron chi connectivity index (χ1n) is 11.0. The fraction of sp³-hybridized carbons (Fsp3) is 0.538. The number of hydrogen-bond donors (Lipinski definition) is 0. The predicted molar refractivity (Wildman–Crippen MR) is 130 cm³/mol. The molecule has 0 amide bonds. The third-order valence-corrected chi connectivity index (χ3v) is 8.36. The van der Waals surface area contributed by atoms with Gasteiger partial charge in [0.25, 0.3) is 0 Å². The SMILES string of the molecule is CC(=CCCl)CCCC(C)=CC(C1=C(C)CCCC1(C)C)S(=O)(=O)c1ccccc1. The van der Waals surface area contributed by atoms with Crippen LogP contribution < -0.4 is 0 Å². The van der Waals surface area contributed by atoms with Crippen LogP contribution >= 0.6 is 11.6 Å². The quantitative estimate of drug-likeness (QED) is 0.287. The molecule has 1 atom stereocenters. The summed E-state index contributed by atoms with van der Waals surface area (Å²) in [5.41, 5.74) is 4.64. The molecule has 0 aliphatic heterocycles. The Morgan fingerprint density at radius 2 is 1.77 bits per heavy atom. The number of hydrogen-bond acceptors (Lipinski definition) is 2. The lowest BCUT2D eigenvalue weighted by Crippen LogP contribution is -2.33. The summed E-state index contributed by atoms with van der Waals surface area (Å²) in [6.45, 7) is 10.7. The minimum Gasteiger partial charge on any atom is -0.223 e. The summed E-state index contributed by atoms with van der Waals surface area (Å²) < 4.78 is 27.5. The standard InChI is InChI=1S/C26H37ClO2S/c1-20(16-18-27)11-9-12-21(2)19-24(25-22(3)13-10-17-26(25,4)5)30(28,29)23-14-7-6-8-15-23/h6-8,14-16,19,24H,9-13,17-18H2,1-5H3. The number of sulfone groups is 1. The molecule has 30 heavy (non-hydrogen) atoms. The van der Waals surface area contributed by atoms with Crippen molar-refractivity contribution in [3.05, 3.63) is 64.8 Å². The van der Waals surface area contributed by atoms with Crippen molar-refractivity contribution in [3.63, 3.8) is 0 Å². The van der Waals surface area contributed by atoms with E-state index in [-0.39, 0.29) is 5.41 Å². The summed E-state index contributed by atoms with van der Waals surface area (Å²) in [4.78, 5) is 0.404. The van der Waals surface area contributed by atoms with Gasteiger partial charge in [0, 0.05) is 5.88 Å². The van der Waals surface area contributed by atoms with Crippen molar-refractivity contribution >= 4 is 21.4 Å². The molecule has 1 unspecified atom stereocenters. The Morgan fingerprint density at radius 3 is 2.37 bits per heavy atom. The highest BCUT2D eigenvalue weighted by Gasteiger charge is 2.39. The summed E-state index contributed by atoms with van der Waals surface area (Å²) in [6, 6.07) is 8.91. The van der Waals surface area contributed by atoms with Crippen molar-refractivity contribution in [1.82, 2.24) is 0 Å². The number of alkyl halides is 1. The minimum absolute atomic E-state index is 0.120. The Labute approximate surface area is 189 Å². The monoisotopic (exact) mass is 448 g/mol. The molecule has 0 heterocycles. The van der Waals surface area contributed by atoms with Crippen LogP contribution in [0.25, 0.3) is 0 Å². The molecule has 1 aromatic carbocycles. The molecule has 2 nitrogen and oxygen atoms in total. The molecule has 0 fully saturated rings. The summed E-state index contributed by atoms with van der Waals surface area (Å²) in [7, 11) is -3.51. The Morgan fingerprint density at radius 1 is 1.13 bits per heavy atom. The molecule has 1 aromatic rings. The molecule has 4 heteroatoms. The predicted octanol–water partition coefficient (Wildman–Crippen LogP) is 7.66. The molecule has 0 N–H and O–H groups in total. The van der Waals surface area contributed by atoms with E-state index in [0.717, 1.165) is 49.7 Å². The van der Waals surface area contributed by atoms with E-state index in [2.05, 4.69) is 34.6 Å². The summed E-state index contributed by atoms with van der Waals surface area (Å²) in [5, 5.41) is -0.602. The normalized spacial score (nSPS) is 19.1. The molecule has 0 spiro atoms. The largest absolute Gasteiger partial charge is 0.223 e. The maximum Gasteiger partial charge on any atom is 0.188 e. The third kappa shape index (κ3) is 6.34. The second kappa shape index (κ2) is 10.8. The van der Waals surface area contributed by atoms with Gasteiger partial charge in [-0.1, -0.05) is 60.9 Å². The maximum absolute atomic E-state index is 13.8. The molecule has 1 aliphatic carbocycles. The van der Waals surface area contributed by atoms with Gasteiger partial charge in [0.05, 0.1) is 4.90 Å². The van der Waals surface area contributed by atoms with Gasteiger partial charge in [0.2, 0.25) is 0 Å². The maximum atomic E-state index is 13.8. The highest BCUT2D eigenvalue weighted by molar-refractivity contribution is 7.92. The van der Waals surface area contributed by atoms with Crippen molar-refractivity contribution in [2.75, 3.05) is 5.88 Å². The lowest BCUT2D eigenvalue weighted by molar-refractivity contribution is 0.360. The van der Waals surface area contributed by atoms with Gasteiger partial charge in [0.15, 0.2) is 9.84 Å². The lowest BCUT2D eigenvalue weighted by atomic mass is 9.71. The van der Waals surface area contributed by atoms with E-state index in [4.69, 9.17) is 11.6 Å². The Bertz CT molecular complexity index is 906. The molecule has 0 aromatic heterocycles. The van der Waals surface area contributed by atoms with Gasteiger partial charge in [0.1, 0.15) is 5.25 Å². The summed E-state index contributed by atoms with van der Waals surface area (Å²) in [6.07, 6.45) is 10.1. The minimum atomic E-state index is -3.51. The first-order chi connectivity index (χ1) is 14.1. The molecule has 0 saturated heterocycles. The highest BCUT2D eigenvalue weighted by atomic mass is 35.5. The van der Waals surface area contributed by atoms with E-state index >= 15 is 0 Å². The molecule has 0 radical (unpaired) electrons. The number of rotatable bonds is 9. The van der Waals surface area contributed by atoms with Crippen molar-refractivity contribution in [2.24, 2.45) is 5.41 Å². The van der Waals surface area contributed by atoms with Crippen LogP contribution in [0.15, 0.2) is 69.7 Å². The molecule has 1 aliphatic rings. The van der Waals surface area contributed by atoms with Crippen molar-refractivity contribution in [2.45, 2.75) is 83.3 Å². The summed E-state index contributed by atoms with van der Waals surface area (Å²) in [5.74, 6) is 0.542. The topological polar surface area (TPSA) is 34.1 Å². The van der Waals surface area contributed by atoms with E-state index in [1.165, 1.54) is 11.1 Å². The van der Waals surface area contributed by atoms with Crippen LogP contribution in [0.2, 0.25) is 0 Å². The number of halogens is 1. The first kappa shape index (κ1) is 24.9. The van der Waals surface area contributed by atoms with E-state index < -0.39 is 15.1 Å². The van der Waals surface area contributed by atoms with Gasteiger partial charge in [-0.3, -0.25) is 0 Å². The van der Waals surface area contributed by atoms with Gasteiger partial charge in [-0.2, -0.15) is 0 Å². The van der Waals surface area contributed by atoms with Crippen LogP contribution in [0.1, 0.15) is 73.1 Å². The van der Waals surface area contributed by atoms with Crippen LogP contribution in [0.5, 0.6) is 0 Å². The Balaban J connectivity index is 2.43. The van der Waals surface area contributed by atoms with Crippen molar-refractivity contribution in [1.29, 1.82) is 0 Å². The van der Waals surface area contributed by atoms with Gasteiger partial charge in [-0.15, -0.1) is 11.6 Å². The lowest BCUT2D eigenvalue weighted by Gasteiger charge is -2.38. The molecule has 0 bridgehead atoms. The third-order valence-electron chi connectivity index (χ3n) is 6.24. The van der Waals surface area contributed by atoms with Crippen LogP contribution in [-0.4, -0.2) is 19.5 Å². The van der Waals surface area contributed by atoms with Crippen LogP contribution in [0.3, 0.4) is 0 Å². The molecule has 2 rings (SSSR count). The molecular formula is C26H37ClO2S. The summed E-state index contributed by atoms with van der Waals surface area (Å²) >= 11 is 5.78. The van der Waals surface area contributed by atoms with Gasteiger partial charge < -0.3 is 0 Å². The number of benzene rings is 1. The molecule has 166 valence electrons. The second-order valence-corrected chi connectivity index (χ2v) is 11.7. The molecular weight excluding hydrogens is 412 g/mol. The zero-order chi connectivity index (χ0) is 22.4. The van der Waals surface area contributed by atoms with Crippen LogP contribution in [-0.2, 0) is 9.84 Å². The Hall–Kier alpha value is -1.32. The first-order valence-corrected chi connectivity index (χ1v) is 13.1. The van der Waals surface area contributed by atoms with Crippen LogP contribution in [0.4, 0.5) is 0 Å². The van der Waals surface area contributed by atoms with E-state index in [1.54, 1.807) is 24.3 Å². The van der Waals surface area contributed by atoms with E-state index in [9.17, 15) is 8.42 Å². The van der Waals surface area contributed by atoms with E-state index in [0.29, 0.717) is 10.8 Å². The van der Waals surface area contributed by atoms with E-state index in [1.807, 2.05) is 18.2 Å². The van der Waals surface area contributed by atoms with Gasteiger partial charge in [-0.25, -0.2) is 8.42 Å². The zero-order valence-electron chi connectivity index (χ0n) is 19.2. The molecule has 0 saturated carbocycles. The smallest absolute Gasteiger partial charge is 0.188 e. The fourth-order valence-corrected chi connectivity index (χ4v) is 6.91. The highest BCUT2D eigenvalue weighted by Crippen LogP contribution is 2.45.